The Kier molecular flexibility index (Phi) is 3.76. The second-order valence-electron chi connectivity index (χ2n) is 4.31. The zero-order valence-electron chi connectivity index (χ0n) is 10.6. The van der Waals surface area contributed by atoms with Gasteiger partial charge in [0.15, 0.2) is 0 Å². The first kappa shape index (κ1) is 13.8. The van der Waals surface area contributed by atoms with Gasteiger partial charge in [0.05, 0.1) is 14.4 Å². The third-order valence-corrected chi connectivity index (χ3v) is 4.47. The van der Waals surface area contributed by atoms with E-state index in [0.29, 0.717) is 16.3 Å². The molecule has 5 nitrogen and oxygen atoms in total. The molecule has 0 radical (unpaired) electrons. The van der Waals surface area contributed by atoms with Crippen molar-refractivity contribution in [3.8, 4) is 11.3 Å². The van der Waals surface area contributed by atoms with Crippen molar-refractivity contribution in [2.24, 2.45) is 0 Å². The highest BCUT2D eigenvalue weighted by molar-refractivity contribution is 9.11. The molecule has 1 amide bonds. The van der Waals surface area contributed by atoms with E-state index in [9.17, 15) is 9.59 Å². The Hall–Kier alpha value is -2.12. The molecule has 0 aliphatic rings. The van der Waals surface area contributed by atoms with Crippen LogP contribution < -0.4 is 10.9 Å². The lowest BCUT2D eigenvalue weighted by molar-refractivity contribution is 0.103. The molecule has 2 heterocycles. The third kappa shape index (κ3) is 3.14. The molecule has 3 aromatic rings. The molecule has 0 aliphatic carbocycles. The maximum absolute atomic E-state index is 12.0. The monoisotopic (exact) mass is 363 g/mol. The van der Waals surface area contributed by atoms with Gasteiger partial charge in [0.25, 0.3) is 11.5 Å². The highest BCUT2D eigenvalue weighted by Gasteiger charge is 2.09. The fourth-order valence-corrected chi connectivity index (χ4v) is 3.13. The SMILES string of the molecule is O=C(Nc1ccc(-c2cc(=O)[nH][nH]2)cc1)c1ccc(Br)s1. The lowest BCUT2D eigenvalue weighted by Gasteiger charge is -2.04. The van der Waals surface area contributed by atoms with Gasteiger partial charge in [0.2, 0.25) is 0 Å². The van der Waals surface area contributed by atoms with Crippen LogP contribution in [-0.2, 0) is 0 Å². The Morgan fingerprint density at radius 3 is 2.43 bits per heavy atom. The van der Waals surface area contributed by atoms with Gasteiger partial charge in [-0.3, -0.25) is 19.8 Å². The van der Waals surface area contributed by atoms with E-state index in [1.165, 1.54) is 17.4 Å². The average molecular weight is 364 g/mol. The van der Waals surface area contributed by atoms with E-state index in [-0.39, 0.29) is 11.5 Å². The van der Waals surface area contributed by atoms with Crippen molar-refractivity contribution in [1.82, 2.24) is 10.2 Å². The molecule has 0 spiro atoms. The summed E-state index contributed by atoms with van der Waals surface area (Å²) >= 11 is 4.71. The van der Waals surface area contributed by atoms with Crippen molar-refractivity contribution in [3.63, 3.8) is 0 Å². The number of thiophene rings is 1. The molecule has 0 bridgehead atoms. The van der Waals surface area contributed by atoms with Crippen LogP contribution in [0.4, 0.5) is 5.69 Å². The lowest BCUT2D eigenvalue weighted by atomic mass is 10.1. The van der Waals surface area contributed by atoms with Gasteiger partial charge in [0, 0.05) is 11.8 Å². The van der Waals surface area contributed by atoms with Crippen LogP contribution in [0.25, 0.3) is 11.3 Å². The van der Waals surface area contributed by atoms with Crippen LogP contribution in [0.15, 0.2) is 51.0 Å². The van der Waals surface area contributed by atoms with Crippen LogP contribution in [0.3, 0.4) is 0 Å². The Labute approximate surface area is 132 Å². The zero-order valence-corrected chi connectivity index (χ0v) is 13.0. The van der Waals surface area contributed by atoms with E-state index in [2.05, 4.69) is 31.4 Å². The molecule has 0 saturated heterocycles. The maximum Gasteiger partial charge on any atom is 0.265 e. The molecule has 3 rings (SSSR count). The number of aromatic nitrogens is 2. The molecule has 7 heteroatoms. The van der Waals surface area contributed by atoms with Gasteiger partial charge in [0.1, 0.15) is 0 Å². The fourth-order valence-electron chi connectivity index (χ4n) is 1.85. The normalized spacial score (nSPS) is 10.5. The zero-order chi connectivity index (χ0) is 14.8. The number of benzene rings is 1. The number of amides is 1. The van der Waals surface area contributed by atoms with Crippen LogP contribution in [0, 0.1) is 0 Å². The number of anilines is 1. The Morgan fingerprint density at radius 1 is 1.10 bits per heavy atom. The van der Waals surface area contributed by atoms with Gasteiger partial charge >= 0.3 is 0 Å². The van der Waals surface area contributed by atoms with E-state index in [1.807, 2.05) is 18.2 Å². The van der Waals surface area contributed by atoms with Crippen molar-refractivity contribution >= 4 is 38.9 Å². The van der Waals surface area contributed by atoms with Gasteiger partial charge < -0.3 is 5.32 Å². The molecule has 0 fully saturated rings. The Bertz CT molecular complexity index is 832. The average Bonchev–Trinajstić information content (AvgIpc) is 3.08. The van der Waals surface area contributed by atoms with Crippen LogP contribution in [0.2, 0.25) is 0 Å². The Balaban J connectivity index is 1.75. The van der Waals surface area contributed by atoms with Gasteiger partial charge in [-0.05, 0) is 45.8 Å². The fraction of sp³-hybridized carbons (Fsp3) is 0. The number of rotatable bonds is 3. The summed E-state index contributed by atoms with van der Waals surface area (Å²) in [5.74, 6) is -0.145. The number of H-pyrrole nitrogens is 2. The van der Waals surface area contributed by atoms with Crippen molar-refractivity contribution in [3.05, 3.63) is 61.5 Å². The first-order chi connectivity index (χ1) is 10.1. The lowest BCUT2D eigenvalue weighted by Crippen LogP contribution is -2.09. The summed E-state index contributed by atoms with van der Waals surface area (Å²) in [6.07, 6.45) is 0. The van der Waals surface area contributed by atoms with Crippen molar-refractivity contribution in [1.29, 1.82) is 0 Å². The maximum atomic E-state index is 12.0. The molecule has 0 saturated carbocycles. The van der Waals surface area contributed by atoms with Crippen LogP contribution in [0.1, 0.15) is 9.67 Å². The third-order valence-electron chi connectivity index (χ3n) is 2.85. The van der Waals surface area contributed by atoms with Crippen LogP contribution in [-0.4, -0.2) is 16.1 Å². The van der Waals surface area contributed by atoms with Crippen molar-refractivity contribution in [2.75, 3.05) is 5.32 Å². The topological polar surface area (TPSA) is 77.8 Å². The highest BCUT2D eigenvalue weighted by Crippen LogP contribution is 2.23. The first-order valence-corrected chi connectivity index (χ1v) is 7.67. The number of hydrogen-bond donors (Lipinski definition) is 3. The van der Waals surface area contributed by atoms with Gasteiger partial charge in [-0.2, -0.15) is 0 Å². The smallest absolute Gasteiger partial charge is 0.265 e. The summed E-state index contributed by atoms with van der Waals surface area (Å²) in [5, 5.41) is 8.09. The minimum Gasteiger partial charge on any atom is -0.321 e. The number of halogens is 1. The quantitative estimate of drug-likeness (QED) is 0.666. The minimum absolute atomic E-state index is 0.145. The molecule has 106 valence electrons. The molecular weight excluding hydrogens is 354 g/mol. The Morgan fingerprint density at radius 2 is 1.86 bits per heavy atom. The van der Waals surface area contributed by atoms with Crippen LogP contribution >= 0.6 is 27.3 Å². The molecular formula is C14H10BrN3O2S. The van der Waals surface area contributed by atoms with E-state index in [4.69, 9.17) is 0 Å². The van der Waals surface area contributed by atoms with E-state index >= 15 is 0 Å². The van der Waals surface area contributed by atoms with Gasteiger partial charge in [-0.15, -0.1) is 11.3 Å². The molecule has 0 aliphatic heterocycles. The van der Waals surface area contributed by atoms with E-state index < -0.39 is 0 Å². The van der Waals surface area contributed by atoms with Crippen LogP contribution in [0.5, 0.6) is 0 Å². The first-order valence-electron chi connectivity index (χ1n) is 6.06. The summed E-state index contributed by atoms with van der Waals surface area (Å²) in [6, 6.07) is 12.3. The largest absolute Gasteiger partial charge is 0.321 e. The number of carbonyl (C=O) groups is 1. The van der Waals surface area contributed by atoms with Crippen molar-refractivity contribution in [2.45, 2.75) is 0 Å². The van der Waals surface area contributed by atoms with E-state index in [0.717, 1.165) is 9.35 Å². The molecule has 0 unspecified atom stereocenters. The second kappa shape index (κ2) is 5.71. The molecule has 1 aromatic carbocycles. The number of carbonyl (C=O) groups excluding carboxylic acids is 1. The predicted molar refractivity (Wildman–Crippen MR) is 86.8 cm³/mol. The van der Waals surface area contributed by atoms with Crippen molar-refractivity contribution < 1.29 is 4.79 Å². The summed E-state index contributed by atoms with van der Waals surface area (Å²) in [4.78, 5) is 23.7. The van der Waals surface area contributed by atoms with Gasteiger partial charge in [-0.1, -0.05) is 12.1 Å². The summed E-state index contributed by atoms with van der Waals surface area (Å²) < 4.78 is 0.916. The summed E-state index contributed by atoms with van der Waals surface area (Å²) in [5.41, 5.74) is 2.10. The molecule has 2 aromatic heterocycles. The molecule has 0 atom stereocenters. The van der Waals surface area contributed by atoms with E-state index in [1.54, 1.807) is 18.2 Å². The predicted octanol–water partition coefficient (Wildman–Crippen LogP) is 3.45. The molecule has 21 heavy (non-hydrogen) atoms. The van der Waals surface area contributed by atoms with Gasteiger partial charge in [-0.25, -0.2) is 0 Å². The summed E-state index contributed by atoms with van der Waals surface area (Å²) in [6.45, 7) is 0. The number of aromatic amines is 2. The second-order valence-corrected chi connectivity index (χ2v) is 6.77. The number of nitrogens with one attached hydrogen (secondary N) is 3. The molecule has 3 N–H and O–H groups in total. The summed E-state index contributed by atoms with van der Waals surface area (Å²) in [7, 11) is 0. The number of hydrogen-bond acceptors (Lipinski definition) is 3. The highest BCUT2D eigenvalue weighted by atomic mass is 79.9. The minimum atomic E-state index is -0.175. The standard InChI is InChI=1S/C14H10BrN3O2S/c15-12-6-5-11(21-12)14(20)16-9-3-1-8(2-4-9)10-7-13(19)18-17-10/h1-7H,(H,16,20)(H2,17,18,19).